The lowest BCUT2D eigenvalue weighted by molar-refractivity contribution is 0.102. The molecular weight excluding hydrogens is 424 g/mol. The summed E-state index contributed by atoms with van der Waals surface area (Å²) in [5, 5.41) is 6.53. The summed E-state index contributed by atoms with van der Waals surface area (Å²) in [5.41, 5.74) is 5.69. The summed E-state index contributed by atoms with van der Waals surface area (Å²) < 4.78 is 0.947. The van der Waals surface area contributed by atoms with Crippen LogP contribution < -0.4 is 10.6 Å². The van der Waals surface area contributed by atoms with Gasteiger partial charge in [-0.1, -0.05) is 76.6 Å². The smallest absolute Gasteiger partial charge is 0.255 e. The van der Waals surface area contributed by atoms with Crippen molar-refractivity contribution in [2.45, 2.75) is 6.42 Å². The maximum Gasteiger partial charge on any atom is 0.255 e. The Labute approximate surface area is 179 Å². The molecule has 1 aliphatic rings. The van der Waals surface area contributed by atoms with Crippen molar-refractivity contribution in [2.75, 3.05) is 11.9 Å². The van der Waals surface area contributed by atoms with Crippen LogP contribution in [0.2, 0.25) is 0 Å². The Hall–Kier alpha value is -3.11. The zero-order valence-corrected chi connectivity index (χ0v) is 17.4. The van der Waals surface area contributed by atoms with Gasteiger partial charge in [0.05, 0.1) is 5.69 Å². The molecule has 0 aromatic heterocycles. The highest BCUT2D eigenvalue weighted by Gasteiger charge is 2.16. The van der Waals surface area contributed by atoms with Crippen molar-refractivity contribution < 1.29 is 4.79 Å². The summed E-state index contributed by atoms with van der Waals surface area (Å²) in [4.78, 5) is 12.8. The minimum Gasteiger partial charge on any atom is -0.384 e. The third kappa shape index (κ3) is 4.66. The Morgan fingerprint density at radius 3 is 2.45 bits per heavy atom. The Kier molecular flexibility index (Phi) is 5.92. The first-order chi connectivity index (χ1) is 14.2. The quantitative estimate of drug-likeness (QED) is 0.459. The van der Waals surface area contributed by atoms with Crippen LogP contribution in [0.15, 0.2) is 83.3 Å². The topological polar surface area (TPSA) is 41.1 Å². The lowest BCUT2D eigenvalue weighted by Crippen LogP contribution is -2.15. The number of anilines is 1. The molecule has 1 heterocycles. The third-order valence-electron chi connectivity index (χ3n) is 4.78. The Bertz CT molecular complexity index is 1070. The molecule has 3 aromatic rings. The van der Waals surface area contributed by atoms with E-state index in [1.165, 1.54) is 0 Å². The molecular formula is C25H21BrN2O. The van der Waals surface area contributed by atoms with Crippen molar-refractivity contribution in [1.82, 2.24) is 5.32 Å². The zero-order chi connectivity index (χ0) is 20.1. The molecule has 3 aromatic carbocycles. The van der Waals surface area contributed by atoms with Crippen LogP contribution in [0.5, 0.6) is 0 Å². The van der Waals surface area contributed by atoms with Gasteiger partial charge in [-0.05, 0) is 47.9 Å². The highest BCUT2D eigenvalue weighted by molar-refractivity contribution is 9.10. The van der Waals surface area contributed by atoms with E-state index >= 15 is 0 Å². The van der Waals surface area contributed by atoms with Crippen LogP contribution in [0, 0.1) is 0 Å². The zero-order valence-electron chi connectivity index (χ0n) is 15.9. The number of halogens is 1. The van der Waals surface area contributed by atoms with Gasteiger partial charge in [0.25, 0.3) is 5.91 Å². The molecule has 0 saturated carbocycles. The number of nitrogens with one attached hydrogen (secondary N) is 2. The largest absolute Gasteiger partial charge is 0.384 e. The normalized spacial score (nSPS) is 13.2. The van der Waals surface area contributed by atoms with Crippen molar-refractivity contribution in [3.8, 4) is 0 Å². The van der Waals surface area contributed by atoms with Gasteiger partial charge < -0.3 is 10.6 Å². The standard InChI is InChI=1S/C25H21BrN2O/c26-21-15-13-20(14-16-21)25(29)28-23-9-4-8-19(24(23)22-10-5-17-27-22)12-11-18-6-2-1-3-7-18/h1-4,6-16,27H,5,17H2,(H,28,29)/b12-11+. The summed E-state index contributed by atoms with van der Waals surface area (Å²) in [6.45, 7) is 0.909. The van der Waals surface area contributed by atoms with Gasteiger partial charge in [0.15, 0.2) is 0 Å². The van der Waals surface area contributed by atoms with Crippen LogP contribution in [0.3, 0.4) is 0 Å². The minimum atomic E-state index is -0.124. The number of benzene rings is 3. The molecule has 29 heavy (non-hydrogen) atoms. The van der Waals surface area contributed by atoms with Gasteiger partial charge in [-0.2, -0.15) is 0 Å². The predicted octanol–water partition coefficient (Wildman–Crippen LogP) is 6.21. The molecule has 1 amide bonds. The summed E-state index contributed by atoms with van der Waals surface area (Å²) >= 11 is 3.41. The fourth-order valence-electron chi connectivity index (χ4n) is 3.35. The number of hydrogen-bond acceptors (Lipinski definition) is 2. The van der Waals surface area contributed by atoms with Crippen molar-refractivity contribution >= 4 is 45.4 Å². The average Bonchev–Trinajstić information content (AvgIpc) is 3.28. The van der Waals surface area contributed by atoms with Crippen LogP contribution in [0.4, 0.5) is 5.69 Å². The number of carbonyl (C=O) groups excluding carboxylic acids is 1. The maximum atomic E-state index is 12.8. The van der Waals surface area contributed by atoms with Gasteiger partial charge in [-0.15, -0.1) is 0 Å². The summed E-state index contributed by atoms with van der Waals surface area (Å²) in [7, 11) is 0. The highest BCUT2D eigenvalue weighted by Crippen LogP contribution is 2.30. The average molecular weight is 445 g/mol. The minimum absolute atomic E-state index is 0.124. The number of hydrogen-bond donors (Lipinski definition) is 2. The molecule has 144 valence electrons. The second kappa shape index (κ2) is 8.93. The molecule has 0 radical (unpaired) electrons. The molecule has 4 heteroatoms. The Balaban J connectivity index is 1.69. The van der Waals surface area contributed by atoms with Crippen LogP contribution in [0.1, 0.15) is 33.5 Å². The van der Waals surface area contributed by atoms with Crippen LogP contribution in [-0.4, -0.2) is 12.5 Å². The first-order valence-corrected chi connectivity index (χ1v) is 10.4. The Morgan fingerprint density at radius 1 is 0.931 bits per heavy atom. The van der Waals surface area contributed by atoms with Gasteiger partial charge >= 0.3 is 0 Å². The van der Waals surface area contributed by atoms with E-state index in [-0.39, 0.29) is 5.91 Å². The van der Waals surface area contributed by atoms with Crippen molar-refractivity contribution in [1.29, 1.82) is 0 Å². The van der Waals surface area contributed by atoms with Gasteiger partial charge in [0.2, 0.25) is 0 Å². The molecule has 0 fully saturated rings. The van der Waals surface area contributed by atoms with E-state index < -0.39 is 0 Å². The molecule has 4 rings (SSSR count). The van der Waals surface area contributed by atoms with Crippen molar-refractivity contribution in [3.05, 3.63) is 106 Å². The molecule has 0 atom stereocenters. The van der Waals surface area contributed by atoms with E-state index in [0.717, 1.165) is 45.5 Å². The lowest BCUT2D eigenvalue weighted by atomic mass is 10.0. The molecule has 1 aliphatic heterocycles. The highest BCUT2D eigenvalue weighted by atomic mass is 79.9. The van der Waals surface area contributed by atoms with E-state index in [4.69, 9.17) is 0 Å². The second-order valence-corrected chi connectivity index (χ2v) is 7.72. The van der Waals surface area contributed by atoms with E-state index in [1.54, 1.807) is 0 Å². The fraction of sp³-hybridized carbons (Fsp3) is 0.0800. The predicted molar refractivity (Wildman–Crippen MR) is 125 cm³/mol. The number of amides is 1. The summed E-state index contributed by atoms with van der Waals surface area (Å²) in [6.07, 6.45) is 7.35. The number of rotatable bonds is 5. The first kappa shape index (κ1) is 19.2. The molecule has 0 unspecified atom stereocenters. The van der Waals surface area contributed by atoms with Gasteiger partial charge in [-0.25, -0.2) is 0 Å². The molecule has 0 aliphatic carbocycles. The number of carbonyl (C=O) groups is 1. The molecule has 3 nitrogen and oxygen atoms in total. The van der Waals surface area contributed by atoms with Gasteiger partial charge in [0.1, 0.15) is 0 Å². The monoisotopic (exact) mass is 444 g/mol. The molecule has 0 bridgehead atoms. The third-order valence-corrected chi connectivity index (χ3v) is 5.31. The maximum absolute atomic E-state index is 12.8. The summed E-state index contributed by atoms with van der Waals surface area (Å²) in [6, 6.07) is 23.6. The van der Waals surface area contributed by atoms with Crippen molar-refractivity contribution in [2.24, 2.45) is 0 Å². The molecule has 2 N–H and O–H groups in total. The van der Waals surface area contributed by atoms with E-state index in [2.05, 4.69) is 63.0 Å². The van der Waals surface area contributed by atoms with E-state index in [1.807, 2.05) is 54.6 Å². The SMILES string of the molecule is O=C(Nc1cccc(/C=C/c2ccccc2)c1C1=CCCN1)c1ccc(Br)cc1. The second-order valence-electron chi connectivity index (χ2n) is 6.81. The first-order valence-electron chi connectivity index (χ1n) is 9.58. The Morgan fingerprint density at radius 2 is 1.72 bits per heavy atom. The molecule has 0 spiro atoms. The van der Waals surface area contributed by atoms with Gasteiger partial charge in [0, 0.05) is 27.8 Å². The molecule has 0 saturated heterocycles. The van der Waals surface area contributed by atoms with Crippen molar-refractivity contribution in [3.63, 3.8) is 0 Å². The van der Waals surface area contributed by atoms with Crippen LogP contribution >= 0.6 is 15.9 Å². The lowest BCUT2D eigenvalue weighted by Gasteiger charge is -2.16. The fourth-order valence-corrected chi connectivity index (χ4v) is 3.61. The van der Waals surface area contributed by atoms with Crippen LogP contribution in [0.25, 0.3) is 17.8 Å². The van der Waals surface area contributed by atoms with Gasteiger partial charge in [-0.3, -0.25) is 4.79 Å². The van der Waals surface area contributed by atoms with E-state index in [0.29, 0.717) is 5.56 Å². The van der Waals surface area contributed by atoms with Crippen LogP contribution in [-0.2, 0) is 0 Å². The summed E-state index contributed by atoms with van der Waals surface area (Å²) in [5.74, 6) is -0.124. The van der Waals surface area contributed by atoms with E-state index in [9.17, 15) is 4.79 Å².